The molecule has 4 rings (SSSR count). The predicted octanol–water partition coefficient (Wildman–Crippen LogP) is -4.65. The van der Waals surface area contributed by atoms with Crippen LogP contribution in [0.3, 0.4) is 0 Å². The highest BCUT2D eigenvalue weighted by molar-refractivity contribution is 8.76. The molecule has 2 aliphatic rings. The number of hydrogen-bond donors (Lipinski definition) is 12. The highest BCUT2D eigenvalue weighted by Gasteiger charge is 2.40. The monoisotopic (exact) mass is 1050 g/mol. The molecule has 2 saturated heterocycles. The van der Waals surface area contributed by atoms with Gasteiger partial charge in [0.05, 0.1) is 13.0 Å². The lowest BCUT2D eigenvalue weighted by Gasteiger charge is -2.31. The van der Waals surface area contributed by atoms with Crippen LogP contribution in [-0.4, -0.2) is 154 Å². The lowest BCUT2D eigenvalue weighted by atomic mass is 10.0. The molecule has 2 aliphatic heterocycles. The molecule has 0 spiro atoms. The van der Waals surface area contributed by atoms with Crippen LogP contribution in [0.25, 0.3) is 0 Å². The zero-order valence-corrected chi connectivity index (χ0v) is 41.5. The highest BCUT2D eigenvalue weighted by atomic mass is 33.1. The van der Waals surface area contributed by atoms with Crippen LogP contribution in [0.2, 0.25) is 0 Å². The summed E-state index contributed by atoms with van der Waals surface area (Å²) in [7, 11) is 2.22. The molecule has 0 bridgehead atoms. The van der Waals surface area contributed by atoms with Gasteiger partial charge in [0.15, 0.2) is 5.96 Å². The Kier molecular flexibility index (Phi) is 23.7. The van der Waals surface area contributed by atoms with Gasteiger partial charge in [-0.15, -0.1) is 0 Å². The molecule has 1 aromatic carbocycles. The Morgan fingerprint density at radius 3 is 2.05 bits per heavy atom. The number of rotatable bonds is 19. The molecular formula is C45H63N15O11S2. The summed E-state index contributed by atoms with van der Waals surface area (Å²) in [5.41, 5.74) is 28.2. The zero-order chi connectivity index (χ0) is 53.5. The van der Waals surface area contributed by atoms with Crippen LogP contribution in [0.1, 0.15) is 62.5 Å². The fourth-order valence-corrected chi connectivity index (χ4v) is 9.81. The number of primary amides is 3. The number of carbonyl (C=O) groups excluding carboxylic acids is 11. The van der Waals surface area contributed by atoms with Crippen molar-refractivity contribution in [2.75, 3.05) is 31.1 Å². The van der Waals surface area contributed by atoms with Crippen LogP contribution in [0, 0.1) is 0 Å². The number of aromatic nitrogens is 1. The Balaban J connectivity index is 1.68. The molecule has 0 saturated carbocycles. The number of amides is 11. The average Bonchev–Trinajstić information content (AvgIpc) is 3.84. The van der Waals surface area contributed by atoms with Crippen molar-refractivity contribution in [1.29, 1.82) is 0 Å². The van der Waals surface area contributed by atoms with E-state index in [0.29, 0.717) is 17.5 Å². The van der Waals surface area contributed by atoms with E-state index in [1.54, 1.807) is 42.5 Å². The van der Waals surface area contributed by atoms with E-state index in [4.69, 9.17) is 28.7 Å². The van der Waals surface area contributed by atoms with Crippen LogP contribution in [-0.2, 0) is 65.6 Å². The second-order valence-corrected chi connectivity index (χ2v) is 19.7. The SMILES string of the molecule is NC(=O)CCC1NC(=O)C(Cc2ccccc2)NC(=O)C(Cc2cccnc2)NC(=O)CCSSCC(C(=O)N2CCCC2C(=O)NC(CCCN=C(N)N)C(=O)NCC(N)=O)NC(=O)C(CC(N)=O)NC1=O. The van der Waals surface area contributed by atoms with Crippen LogP contribution in [0.5, 0.6) is 0 Å². The Labute approximate surface area is 428 Å². The summed E-state index contributed by atoms with van der Waals surface area (Å²) in [5.74, 6) is -9.52. The largest absolute Gasteiger partial charge is 0.370 e. The topological polar surface area (TPSA) is 431 Å². The van der Waals surface area contributed by atoms with Crippen LogP contribution >= 0.6 is 21.6 Å². The number of nitrogens with one attached hydrogen (secondary N) is 7. The molecule has 28 heteroatoms. The number of pyridine rings is 1. The first kappa shape index (κ1) is 58.1. The third kappa shape index (κ3) is 20.3. The molecule has 11 amide bonds. The fourth-order valence-electron chi connectivity index (χ4n) is 7.67. The molecule has 0 radical (unpaired) electrons. The van der Waals surface area contributed by atoms with Crippen molar-refractivity contribution in [2.45, 2.75) is 107 Å². The molecule has 17 N–H and O–H groups in total. The average molecular weight is 1050 g/mol. The van der Waals surface area contributed by atoms with Gasteiger partial charge in [-0.25, -0.2) is 0 Å². The van der Waals surface area contributed by atoms with E-state index >= 15 is 0 Å². The van der Waals surface area contributed by atoms with Crippen molar-refractivity contribution in [3.05, 3.63) is 66.0 Å². The lowest BCUT2D eigenvalue weighted by molar-refractivity contribution is -0.142. The number of guanidine groups is 1. The normalized spacial score (nSPS) is 21.9. The molecule has 1 aromatic heterocycles. The number of nitrogens with zero attached hydrogens (tertiary/aromatic N) is 3. The molecule has 3 heterocycles. The standard InChI is InChI=1S/C45H63N15O11S2/c46-34(61)13-12-28-39(66)58-31(21-35(47)62)42(69)59-32(44(71)60-17-6-11-33(60)43(70)56-27(10-5-16-52-45(49)50)38(65)53-23-36(48)63)24-73-72-18-14-37(64)54-29(20-26-9-4-15-51-22-26)40(67)57-30(41(68)55-28)19-25-7-2-1-3-8-25/h1-4,7-9,15,22,27-33H,5-6,10-14,16-21,23-24H2,(H2,46,61)(H2,47,62)(H2,48,63)(H,53,65)(H,54,64)(H,55,68)(H,56,70)(H,57,67)(H,58,66)(H,59,69)(H4,49,50,52). The van der Waals surface area contributed by atoms with Gasteiger partial charge in [0.1, 0.15) is 42.3 Å². The minimum Gasteiger partial charge on any atom is -0.370 e. The van der Waals surface area contributed by atoms with Crippen molar-refractivity contribution in [3.8, 4) is 0 Å². The molecule has 396 valence electrons. The van der Waals surface area contributed by atoms with Crippen LogP contribution in [0.15, 0.2) is 59.9 Å². The predicted molar refractivity (Wildman–Crippen MR) is 268 cm³/mol. The minimum atomic E-state index is -1.76. The van der Waals surface area contributed by atoms with Gasteiger partial charge in [-0.2, -0.15) is 0 Å². The van der Waals surface area contributed by atoms with E-state index in [-0.39, 0.29) is 69.1 Å². The number of hydrogen-bond acceptors (Lipinski definition) is 15. The summed E-state index contributed by atoms with van der Waals surface area (Å²) in [5, 5.41) is 18.0. The van der Waals surface area contributed by atoms with Gasteiger partial charge in [0.2, 0.25) is 65.0 Å². The number of benzene rings is 1. The molecule has 0 aliphatic carbocycles. The summed E-state index contributed by atoms with van der Waals surface area (Å²) < 4.78 is 0. The number of likely N-dealkylation sites (tertiary alicyclic amines) is 1. The van der Waals surface area contributed by atoms with Gasteiger partial charge in [-0.05, 0) is 49.3 Å². The molecular weight excluding hydrogens is 991 g/mol. The van der Waals surface area contributed by atoms with Crippen LogP contribution in [0.4, 0.5) is 0 Å². The number of nitrogens with two attached hydrogens (primary N) is 5. The first-order valence-corrected chi connectivity index (χ1v) is 25.8. The third-order valence-corrected chi connectivity index (χ3v) is 13.7. The van der Waals surface area contributed by atoms with E-state index in [2.05, 4.69) is 47.2 Å². The van der Waals surface area contributed by atoms with Crippen molar-refractivity contribution >= 4 is 92.5 Å². The Bertz CT molecular complexity index is 2330. The molecule has 26 nitrogen and oxygen atoms in total. The van der Waals surface area contributed by atoms with Gasteiger partial charge < -0.3 is 70.8 Å². The lowest BCUT2D eigenvalue weighted by Crippen LogP contribution is -2.61. The first-order chi connectivity index (χ1) is 34.8. The number of aliphatic imine (C=N–C) groups is 1. The zero-order valence-electron chi connectivity index (χ0n) is 39.9. The maximum absolute atomic E-state index is 14.6. The smallest absolute Gasteiger partial charge is 0.246 e. The van der Waals surface area contributed by atoms with E-state index in [1.165, 1.54) is 17.3 Å². The molecule has 2 fully saturated rings. The van der Waals surface area contributed by atoms with Gasteiger partial charge in [0.25, 0.3) is 0 Å². The fraction of sp³-hybridized carbons (Fsp3) is 0.489. The van der Waals surface area contributed by atoms with E-state index in [0.717, 1.165) is 21.6 Å². The molecule has 7 atom stereocenters. The van der Waals surface area contributed by atoms with Gasteiger partial charge in [-0.3, -0.25) is 62.7 Å². The Morgan fingerprint density at radius 2 is 1.40 bits per heavy atom. The summed E-state index contributed by atoms with van der Waals surface area (Å²) >= 11 is 0. The molecule has 73 heavy (non-hydrogen) atoms. The summed E-state index contributed by atoms with van der Waals surface area (Å²) in [6, 6.07) is 2.15. The van der Waals surface area contributed by atoms with Gasteiger partial charge in [-0.1, -0.05) is 58.0 Å². The Hall–Kier alpha value is -7.49. The number of carbonyl (C=O) groups is 11. The van der Waals surface area contributed by atoms with Crippen molar-refractivity contribution in [3.63, 3.8) is 0 Å². The van der Waals surface area contributed by atoms with Gasteiger partial charge in [0, 0.05) is 62.7 Å². The minimum absolute atomic E-state index is 0.0189. The third-order valence-electron chi connectivity index (χ3n) is 11.3. The maximum atomic E-state index is 14.6. The van der Waals surface area contributed by atoms with Crippen LogP contribution < -0.4 is 65.9 Å². The van der Waals surface area contributed by atoms with Gasteiger partial charge >= 0.3 is 0 Å². The summed E-state index contributed by atoms with van der Waals surface area (Å²) in [6.07, 6.45) is 1.87. The first-order valence-electron chi connectivity index (χ1n) is 23.3. The molecule has 7 unspecified atom stereocenters. The summed E-state index contributed by atoms with van der Waals surface area (Å²) in [4.78, 5) is 157. The maximum Gasteiger partial charge on any atom is 0.246 e. The second-order valence-electron chi connectivity index (χ2n) is 17.0. The second kappa shape index (κ2) is 29.8. The van der Waals surface area contributed by atoms with Crippen molar-refractivity contribution < 1.29 is 52.7 Å². The van der Waals surface area contributed by atoms with Crippen molar-refractivity contribution in [1.82, 2.24) is 47.1 Å². The quantitative estimate of drug-likeness (QED) is 0.0272. The summed E-state index contributed by atoms with van der Waals surface area (Å²) in [6.45, 7) is -0.383. The Morgan fingerprint density at radius 1 is 0.753 bits per heavy atom. The van der Waals surface area contributed by atoms with E-state index in [1.807, 2.05) is 0 Å². The molecule has 2 aromatic rings. The van der Waals surface area contributed by atoms with Crippen molar-refractivity contribution in [2.24, 2.45) is 33.7 Å². The highest BCUT2D eigenvalue weighted by Crippen LogP contribution is 2.26. The van der Waals surface area contributed by atoms with E-state index < -0.39 is 133 Å². The van der Waals surface area contributed by atoms with E-state index in [9.17, 15) is 52.7 Å².